The van der Waals surface area contributed by atoms with Crippen LogP contribution in [0.15, 0.2) is 58.3 Å². The van der Waals surface area contributed by atoms with E-state index in [-0.39, 0.29) is 14.8 Å². The first kappa shape index (κ1) is 18.4. The molecule has 0 unspecified atom stereocenters. The maximum atomic E-state index is 12.5. The third-order valence-electron chi connectivity index (χ3n) is 2.81. The topological polar surface area (TPSA) is 63.2 Å². The van der Waals surface area contributed by atoms with Gasteiger partial charge in [0.05, 0.1) is 14.8 Å². The van der Waals surface area contributed by atoms with Crippen molar-refractivity contribution in [1.29, 1.82) is 0 Å². The predicted molar refractivity (Wildman–Crippen MR) is 92.3 cm³/mol. The molecule has 0 radical (unpaired) electrons. The van der Waals surface area contributed by atoms with Gasteiger partial charge in [-0.25, -0.2) is 8.42 Å². The zero-order valence-corrected chi connectivity index (χ0v) is 15.1. The highest BCUT2D eigenvalue weighted by atomic mass is 35.6. The van der Waals surface area contributed by atoms with Crippen LogP contribution in [-0.2, 0) is 14.6 Å². The summed E-state index contributed by atoms with van der Waals surface area (Å²) in [5.41, 5.74) is 0.291. The van der Waals surface area contributed by atoms with E-state index in [0.29, 0.717) is 5.69 Å². The Hall–Kier alpha value is -0.980. The lowest BCUT2D eigenvalue weighted by Gasteiger charge is -2.12. The van der Waals surface area contributed by atoms with Crippen molar-refractivity contribution in [2.24, 2.45) is 0 Å². The van der Waals surface area contributed by atoms with Gasteiger partial charge in [0.1, 0.15) is 0 Å². The van der Waals surface area contributed by atoms with E-state index in [0.717, 1.165) is 0 Å². The van der Waals surface area contributed by atoms with Crippen molar-refractivity contribution < 1.29 is 13.2 Å². The Morgan fingerprint density at radius 1 is 0.957 bits per heavy atom. The van der Waals surface area contributed by atoms with Crippen LogP contribution in [0.2, 0.25) is 5.02 Å². The first-order valence-electron chi connectivity index (χ1n) is 6.10. The van der Waals surface area contributed by atoms with Gasteiger partial charge in [0.15, 0.2) is 0 Å². The molecule has 122 valence electrons. The Labute approximate surface area is 153 Å². The van der Waals surface area contributed by atoms with Crippen LogP contribution >= 0.6 is 46.4 Å². The van der Waals surface area contributed by atoms with Crippen molar-refractivity contribution in [2.45, 2.75) is 13.6 Å². The Bertz CT molecular complexity index is 830. The second-order valence-corrected chi connectivity index (χ2v) is 9.02. The SMILES string of the molecule is O=C(Nc1ccc(S(=O)(=O)c2ccccc2Cl)cc1)C(Cl)(Cl)Cl. The first-order chi connectivity index (χ1) is 10.6. The molecule has 1 N–H and O–H groups in total. The summed E-state index contributed by atoms with van der Waals surface area (Å²) in [5, 5.41) is 2.48. The fraction of sp³-hybridized carbons (Fsp3) is 0.0714. The number of alkyl halides is 3. The molecule has 2 aromatic carbocycles. The minimum absolute atomic E-state index is 0.000237. The molecule has 0 saturated carbocycles. The Morgan fingerprint density at radius 2 is 1.52 bits per heavy atom. The first-order valence-corrected chi connectivity index (χ1v) is 9.10. The molecule has 0 heterocycles. The fourth-order valence-corrected chi connectivity index (χ4v) is 3.62. The molecule has 2 rings (SSSR count). The molecule has 0 aliphatic heterocycles. The number of amides is 1. The van der Waals surface area contributed by atoms with Crippen LogP contribution in [0.5, 0.6) is 0 Å². The molecule has 23 heavy (non-hydrogen) atoms. The van der Waals surface area contributed by atoms with Crippen molar-refractivity contribution in [1.82, 2.24) is 0 Å². The van der Waals surface area contributed by atoms with Gasteiger partial charge in [-0.3, -0.25) is 4.79 Å². The van der Waals surface area contributed by atoms with Crippen molar-refractivity contribution >= 4 is 67.8 Å². The van der Waals surface area contributed by atoms with Gasteiger partial charge in [-0.05, 0) is 36.4 Å². The standard InChI is InChI=1S/C14H9Cl4NO3S/c15-11-3-1-2-4-12(11)23(21,22)10-7-5-9(6-8-10)19-13(20)14(16,17)18/h1-8H,(H,19,20). The van der Waals surface area contributed by atoms with Gasteiger partial charge in [0, 0.05) is 5.69 Å². The van der Waals surface area contributed by atoms with Crippen LogP contribution in [0, 0.1) is 0 Å². The smallest absolute Gasteiger partial charge is 0.276 e. The van der Waals surface area contributed by atoms with Crippen LogP contribution in [0.4, 0.5) is 5.69 Å². The Kier molecular flexibility index (Phi) is 5.48. The number of anilines is 1. The minimum atomic E-state index is -3.77. The van der Waals surface area contributed by atoms with Crippen LogP contribution in [0.3, 0.4) is 0 Å². The minimum Gasteiger partial charge on any atom is -0.322 e. The third-order valence-corrected chi connectivity index (χ3v) is 5.59. The van der Waals surface area contributed by atoms with E-state index in [1.54, 1.807) is 12.1 Å². The number of rotatable bonds is 3. The maximum absolute atomic E-state index is 12.5. The summed E-state index contributed by atoms with van der Waals surface area (Å²) in [7, 11) is -3.77. The van der Waals surface area contributed by atoms with Gasteiger partial charge in [-0.2, -0.15) is 0 Å². The molecule has 4 nitrogen and oxygen atoms in total. The number of carbonyl (C=O) groups is 1. The largest absolute Gasteiger partial charge is 0.322 e. The van der Waals surface area contributed by atoms with Crippen LogP contribution in [0.25, 0.3) is 0 Å². The molecule has 0 saturated heterocycles. The molecule has 9 heteroatoms. The Balaban J connectivity index is 2.30. The summed E-state index contributed by atoms with van der Waals surface area (Å²) < 4.78 is 22.9. The highest BCUT2D eigenvalue weighted by Crippen LogP contribution is 2.30. The van der Waals surface area contributed by atoms with Crippen LogP contribution < -0.4 is 5.32 Å². The third kappa shape index (κ3) is 4.31. The molecular formula is C14H9Cl4NO3S. The van der Waals surface area contributed by atoms with Gasteiger partial charge in [0.2, 0.25) is 9.84 Å². The number of hydrogen-bond acceptors (Lipinski definition) is 3. The van der Waals surface area contributed by atoms with Crippen LogP contribution in [-0.4, -0.2) is 18.1 Å². The van der Waals surface area contributed by atoms with Crippen molar-refractivity contribution in [3.63, 3.8) is 0 Å². The number of hydrogen-bond donors (Lipinski definition) is 1. The summed E-state index contributed by atoms with van der Waals surface area (Å²) in [6, 6.07) is 11.5. The summed E-state index contributed by atoms with van der Waals surface area (Å²) in [4.78, 5) is 11.6. The lowest BCUT2D eigenvalue weighted by Crippen LogP contribution is -2.26. The monoisotopic (exact) mass is 411 g/mol. The fourth-order valence-electron chi connectivity index (χ4n) is 1.71. The molecule has 0 aliphatic rings. The van der Waals surface area contributed by atoms with Gasteiger partial charge < -0.3 is 5.32 Å². The molecular weight excluding hydrogens is 404 g/mol. The summed E-state index contributed by atoms with van der Waals surface area (Å²) in [6.07, 6.45) is 0. The van der Waals surface area contributed by atoms with E-state index in [2.05, 4.69) is 5.32 Å². The molecule has 2 aromatic rings. The normalized spacial score (nSPS) is 12.0. The summed E-state index contributed by atoms with van der Waals surface area (Å²) in [5.74, 6) is -0.843. The van der Waals surface area contributed by atoms with Crippen LogP contribution in [0.1, 0.15) is 0 Å². The number of benzene rings is 2. The summed E-state index contributed by atoms with van der Waals surface area (Å²) >= 11 is 22.3. The lowest BCUT2D eigenvalue weighted by atomic mass is 10.3. The van der Waals surface area contributed by atoms with E-state index in [4.69, 9.17) is 46.4 Å². The van der Waals surface area contributed by atoms with Gasteiger partial charge >= 0.3 is 0 Å². The molecule has 0 aromatic heterocycles. The molecule has 1 amide bonds. The summed E-state index contributed by atoms with van der Waals surface area (Å²) in [6.45, 7) is 0. The predicted octanol–water partition coefficient (Wildman–Crippen LogP) is 4.48. The number of nitrogens with one attached hydrogen (secondary N) is 1. The quantitative estimate of drug-likeness (QED) is 0.755. The average Bonchev–Trinajstić information content (AvgIpc) is 2.47. The molecule has 0 spiro atoms. The van der Waals surface area contributed by atoms with E-state index >= 15 is 0 Å². The second kappa shape index (κ2) is 6.87. The lowest BCUT2D eigenvalue weighted by molar-refractivity contribution is -0.115. The van der Waals surface area contributed by atoms with Crippen molar-refractivity contribution in [2.75, 3.05) is 5.32 Å². The molecule has 0 fully saturated rings. The van der Waals surface area contributed by atoms with E-state index < -0.39 is 19.5 Å². The van der Waals surface area contributed by atoms with Crippen molar-refractivity contribution in [3.05, 3.63) is 53.6 Å². The maximum Gasteiger partial charge on any atom is 0.276 e. The highest BCUT2D eigenvalue weighted by molar-refractivity contribution is 7.91. The number of sulfone groups is 1. The van der Waals surface area contributed by atoms with Gasteiger partial charge in [0.25, 0.3) is 9.70 Å². The second-order valence-electron chi connectivity index (χ2n) is 4.41. The molecule has 0 aliphatic carbocycles. The number of halogens is 4. The highest BCUT2D eigenvalue weighted by Gasteiger charge is 2.30. The van der Waals surface area contributed by atoms with Crippen molar-refractivity contribution in [3.8, 4) is 0 Å². The molecule has 0 bridgehead atoms. The Morgan fingerprint density at radius 3 is 2.04 bits per heavy atom. The zero-order valence-electron chi connectivity index (χ0n) is 11.3. The van der Waals surface area contributed by atoms with Gasteiger partial charge in [-0.1, -0.05) is 58.5 Å². The van der Waals surface area contributed by atoms with E-state index in [1.165, 1.54) is 36.4 Å². The number of carbonyl (C=O) groups excluding carboxylic acids is 1. The van der Waals surface area contributed by atoms with E-state index in [9.17, 15) is 13.2 Å². The zero-order chi connectivity index (χ0) is 17.3. The van der Waals surface area contributed by atoms with E-state index in [1.807, 2.05) is 0 Å². The average molecular weight is 413 g/mol. The molecule has 0 atom stereocenters. The van der Waals surface area contributed by atoms with Gasteiger partial charge in [-0.15, -0.1) is 0 Å².